The quantitative estimate of drug-likeness (QED) is 0.370. The minimum absolute atomic E-state index is 0.0727. The molecule has 2 bridgehead atoms. The Kier molecular flexibility index (Phi) is 0.806. The fraction of sp³-hybridized carbons (Fsp3) is 0.571. The van der Waals surface area contributed by atoms with Crippen LogP contribution in [-0.2, 0) is 14.2 Å². The van der Waals surface area contributed by atoms with Crippen molar-refractivity contribution in [3.63, 3.8) is 0 Å². The maximum atomic E-state index is 10.6. The molecule has 4 unspecified atom stereocenters. The fourth-order valence-electron chi connectivity index (χ4n) is 1.76. The van der Waals surface area contributed by atoms with Crippen LogP contribution in [0.5, 0.6) is 0 Å². The van der Waals surface area contributed by atoms with E-state index in [0.29, 0.717) is 0 Å². The molecule has 0 saturated carbocycles. The molecule has 0 aromatic rings. The average Bonchev–Trinajstić information content (AvgIpc) is 2.53. The fourth-order valence-corrected chi connectivity index (χ4v) is 1.76. The molecule has 4 heteroatoms. The monoisotopic (exact) mass is 154 g/mol. The van der Waals surface area contributed by atoms with E-state index in [1.807, 2.05) is 12.2 Å². The molecule has 0 aromatic carbocycles. The van der Waals surface area contributed by atoms with Crippen LogP contribution in [0.25, 0.3) is 0 Å². The van der Waals surface area contributed by atoms with Crippen molar-refractivity contribution >= 4 is 6.16 Å². The molecule has 3 rings (SSSR count). The molecule has 2 fully saturated rings. The Balaban J connectivity index is 1.97. The second-order valence-corrected chi connectivity index (χ2v) is 2.87. The van der Waals surface area contributed by atoms with E-state index in [2.05, 4.69) is 0 Å². The van der Waals surface area contributed by atoms with Gasteiger partial charge in [0.2, 0.25) is 0 Å². The van der Waals surface area contributed by atoms with Crippen LogP contribution >= 0.6 is 0 Å². The number of hydrogen-bond acceptors (Lipinski definition) is 4. The summed E-state index contributed by atoms with van der Waals surface area (Å²) < 4.78 is 15.1. The Bertz CT molecular complexity index is 225. The van der Waals surface area contributed by atoms with E-state index >= 15 is 0 Å². The molecule has 0 aromatic heterocycles. The van der Waals surface area contributed by atoms with Gasteiger partial charge in [-0.25, -0.2) is 4.79 Å². The first-order valence-electron chi connectivity index (χ1n) is 3.56. The summed E-state index contributed by atoms with van der Waals surface area (Å²) in [5.74, 6) is 0. The summed E-state index contributed by atoms with van der Waals surface area (Å²) in [4.78, 5) is 10.6. The van der Waals surface area contributed by atoms with Crippen LogP contribution in [0.15, 0.2) is 12.2 Å². The van der Waals surface area contributed by atoms with Crippen molar-refractivity contribution in [1.29, 1.82) is 0 Å². The molecule has 0 radical (unpaired) electrons. The smallest absolute Gasteiger partial charge is 0.424 e. The zero-order valence-electron chi connectivity index (χ0n) is 5.60. The molecular weight excluding hydrogens is 148 g/mol. The van der Waals surface area contributed by atoms with Crippen LogP contribution in [0.3, 0.4) is 0 Å². The van der Waals surface area contributed by atoms with Gasteiger partial charge in [0.15, 0.2) is 12.2 Å². The van der Waals surface area contributed by atoms with E-state index < -0.39 is 6.16 Å². The van der Waals surface area contributed by atoms with Gasteiger partial charge in [0.05, 0.1) is 0 Å². The van der Waals surface area contributed by atoms with Gasteiger partial charge in [-0.1, -0.05) is 12.2 Å². The van der Waals surface area contributed by atoms with Crippen LogP contribution in [0.4, 0.5) is 4.79 Å². The van der Waals surface area contributed by atoms with Gasteiger partial charge in [-0.15, -0.1) is 0 Å². The Hall–Kier alpha value is -1.03. The zero-order valence-corrected chi connectivity index (χ0v) is 5.60. The third kappa shape index (κ3) is 0.557. The average molecular weight is 154 g/mol. The molecular formula is C7H6O4. The predicted molar refractivity (Wildman–Crippen MR) is 32.9 cm³/mol. The van der Waals surface area contributed by atoms with Crippen molar-refractivity contribution in [2.75, 3.05) is 0 Å². The SMILES string of the molecule is O=C1OC2C3C=CC(O3)C2O1. The molecule has 3 aliphatic heterocycles. The lowest BCUT2D eigenvalue weighted by molar-refractivity contribution is 0.0262. The Morgan fingerprint density at radius 2 is 1.64 bits per heavy atom. The van der Waals surface area contributed by atoms with Crippen LogP contribution in [0.1, 0.15) is 0 Å². The van der Waals surface area contributed by atoms with Gasteiger partial charge in [-0.05, 0) is 0 Å². The molecule has 0 aliphatic carbocycles. The summed E-state index contributed by atoms with van der Waals surface area (Å²) in [6.45, 7) is 0. The number of hydrogen-bond donors (Lipinski definition) is 0. The molecule has 3 aliphatic rings. The molecule has 3 heterocycles. The molecule has 4 nitrogen and oxygen atoms in total. The van der Waals surface area contributed by atoms with Crippen molar-refractivity contribution in [1.82, 2.24) is 0 Å². The summed E-state index contributed by atoms with van der Waals surface area (Å²) in [5.41, 5.74) is 0. The Labute approximate surface area is 62.7 Å². The standard InChI is InChI=1S/C7H6O4/c8-7-10-5-3-1-2-4(9-3)6(5)11-7/h1-6H. The summed E-state index contributed by atoms with van der Waals surface area (Å²) in [7, 11) is 0. The highest BCUT2D eigenvalue weighted by atomic mass is 16.8. The first-order valence-corrected chi connectivity index (χ1v) is 3.56. The van der Waals surface area contributed by atoms with Crippen molar-refractivity contribution in [2.45, 2.75) is 24.4 Å². The van der Waals surface area contributed by atoms with Gasteiger partial charge in [0.25, 0.3) is 0 Å². The van der Waals surface area contributed by atoms with Crippen LogP contribution < -0.4 is 0 Å². The molecule has 0 amide bonds. The summed E-state index contributed by atoms with van der Waals surface area (Å²) in [6, 6.07) is 0. The first-order chi connectivity index (χ1) is 5.34. The van der Waals surface area contributed by atoms with Gasteiger partial charge in [-0.2, -0.15) is 0 Å². The Morgan fingerprint density at radius 1 is 1.09 bits per heavy atom. The summed E-state index contributed by atoms with van der Waals surface area (Å²) in [5, 5.41) is 0. The van der Waals surface area contributed by atoms with Crippen molar-refractivity contribution in [2.24, 2.45) is 0 Å². The number of rotatable bonds is 0. The second-order valence-electron chi connectivity index (χ2n) is 2.87. The summed E-state index contributed by atoms with van der Waals surface area (Å²) in [6.07, 6.45) is 2.71. The lowest BCUT2D eigenvalue weighted by Gasteiger charge is -2.10. The molecule has 2 saturated heterocycles. The minimum Gasteiger partial charge on any atom is -0.424 e. The molecule has 58 valence electrons. The first kappa shape index (κ1) is 5.60. The van der Waals surface area contributed by atoms with Crippen molar-refractivity contribution in [3.05, 3.63) is 12.2 Å². The highest BCUT2D eigenvalue weighted by Gasteiger charge is 2.55. The molecule has 0 N–H and O–H groups in total. The van der Waals surface area contributed by atoms with Crippen LogP contribution in [0, 0.1) is 0 Å². The minimum atomic E-state index is -0.568. The third-order valence-corrected chi connectivity index (χ3v) is 2.24. The predicted octanol–water partition coefficient (Wildman–Crippen LogP) is 0.228. The number of ether oxygens (including phenoxy) is 3. The van der Waals surface area contributed by atoms with Gasteiger partial charge < -0.3 is 14.2 Å². The highest BCUT2D eigenvalue weighted by Crippen LogP contribution is 2.37. The van der Waals surface area contributed by atoms with Crippen LogP contribution in [0.2, 0.25) is 0 Å². The second kappa shape index (κ2) is 1.58. The van der Waals surface area contributed by atoms with Gasteiger partial charge >= 0.3 is 6.16 Å². The number of carbonyl (C=O) groups excluding carboxylic acids is 1. The van der Waals surface area contributed by atoms with Crippen molar-refractivity contribution < 1.29 is 19.0 Å². The molecule has 4 atom stereocenters. The lowest BCUT2D eigenvalue weighted by Crippen LogP contribution is -2.30. The maximum absolute atomic E-state index is 10.6. The van der Waals surface area contributed by atoms with E-state index in [9.17, 15) is 4.79 Å². The van der Waals surface area contributed by atoms with Gasteiger partial charge in [0.1, 0.15) is 12.2 Å². The third-order valence-electron chi connectivity index (χ3n) is 2.24. The van der Waals surface area contributed by atoms with E-state index in [4.69, 9.17) is 14.2 Å². The van der Waals surface area contributed by atoms with Gasteiger partial charge in [-0.3, -0.25) is 0 Å². The van der Waals surface area contributed by atoms with E-state index in [1.165, 1.54) is 0 Å². The van der Waals surface area contributed by atoms with Crippen molar-refractivity contribution in [3.8, 4) is 0 Å². The van der Waals surface area contributed by atoms with Crippen LogP contribution in [-0.4, -0.2) is 30.6 Å². The number of carbonyl (C=O) groups is 1. The normalized spacial score (nSPS) is 50.7. The largest absolute Gasteiger partial charge is 0.509 e. The van der Waals surface area contributed by atoms with E-state index in [0.717, 1.165) is 0 Å². The lowest BCUT2D eigenvalue weighted by atomic mass is 10.0. The van der Waals surface area contributed by atoms with Gasteiger partial charge in [0, 0.05) is 0 Å². The van der Waals surface area contributed by atoms with E-state index in [-0.39, 0.29) is 24.4 Å². The topological polar surface area (TPSA) is 44.8 Å². The number of fused-ring (bicyclic) bond motifs is 5. The van der Waals surface area contributed by atoms with E-state index in [1.54, 1.807) is 0 Å². The maximum Gasteiger partial charge on any atom is 0.509 e. The Morgan fingerprint density at radius 3 is 2.18 bits per heavy atom. The molecule has 11 heavy (non-hydrogen) atoms. The molecule has 0 spiro atoms. The highest BCUT2D eigenvalue weighted by molar-refractivity contribution is 5.63. The summed E-state index contributed by atoms with van der Waals surface area (Å²) >= 11 is 0. The zero-order chi connectivity index (χ0) is 7.42.